The maximum absolute atomic E-state index is 10.5. The molecule has 0 aromatic heterocycles. The summed E-state index contributed by atoms with van der Waals surface area (Å²) >= 11 is 7.39. The summed E-state index contributed by atoms with van der Waals surface area (Å²) in [6.07, 6.45) is 3.77. The zero-order chi connectivity index (χ0) is 27.6. The number of benzene rings is 4. The second-order valence-corrected chi connectivity index (χ2v) is 12.3. The normalized spacial score (nSPS) is 20.2. The summed E-state index contributed by atoms with van der Waals surface area (Å²) in [6, 6.07) is 33.8. The van der Waals surface area contributed by atoms with Crippen molar-refractivity contribution >= 4 is 53.0 Å². The fraction of sp³-hybridized carbons (Fsp3) is 0.200. The van der Waals surface area contributed by atoms with E-state index < -0.39 is 6.10 Å². The summed E-state index contributed by atoms with van der Waals surface area (Å²) in [7, 11) is 2.21. The van der Waals surface area contributed by atoms with Crippen molar-refractivity contribution in [3.05, 3.63) is 142 Å². The Labute approximate surface area is 253 Å². The Morgan fingerprint density at radius 3 is 1.65 bits per heavy atom. The largest absolute Gasteiger partial charge is 0.384 e. The van der Waals surface area contributed by atoms with Crippen LogP contribution in [0.15, 0.2) is 97.1 Å². The molecule has 3 nitrogen and oxygen atoms in total. The molecule has 0 radical (unpaired) electrons. The molecular weight excluding hydrogens is 624 g/mol. The van der Waals surface area contributed by atoms with Gasteiger partial charge in [0.25, 0.3) is 0 Å². The van der Waals surface area contributed by atoms with Crippen LogP contribution in [0.4, 0.5) is 0 Å². The van der Waals surface area contributed by atoms with Crippen LogP contribution in [0.5, 0.6) is 0 Å². The van der Waals surface area contributed by atoms with E-state index in [1.807, 2.05) is 48.5 Å². The van der Waals surface area contributed by atoms with Gasteiger partial charge >= 0.3 is 0 Å². The number of hydrogen-bond donors (Lipinski definition) is 1. The molecule has 40 heavy (non-hydrogen) atoms. The first-order valence-electron chi connectivity index (χ1n) is 13.7. The third kappa shape index (κ3) is 5.41. The fourth-order valence-corrected chi connectivity index (χ4v) is 7.14. The highest BCUT2D eigenvalue weighted by molar-refractivity contribution is 9.15. The standard InChI is InChI=1S/C20H21BrN2.C15H11BrO/c1-22-10-12-23(13-11-22)20-16-7-3-2-6-15(16)14-19(21)17-8-4-5-9-18(17)20;16-14-9-10-5-1-2-6-11(10)15(17)13-8-4-3-7-12(13)14/h2-9,14,20H,10-13H2,1H3;1-9,15,17H. The van der Waals surface area contributed by atoms with E-state index in [1.54, 1.807) is 0 Å². The van der Waals surface area contributed by atoms with E-state index >= 15 is 0 Å². The summed E-state index contributed by atoms with van der Waals surface area (Å²) in [6.45, 7) is 4.49. The van der Waals surface area contributed by atoms with Gasteiger partial charge in [-0.05, 0) is 63.7 Å². The molecule has 1 N–H and O–H groups in total. The van der Waals surface area contributed by atoms with Crippen molar-refractivity contribution in [1.82, 2.24) is 9.80 Å². The van der Waals surface area contributed by atoms with Gasteiger partial charge in [-0.2, -0.15) is 0 Å². The number of piperazine rings is 1. The average molecular weight is 656 g/mol. The van der Waals surface area contributed by atoms with Crippen LogP contribution in [-0.2, 0) is 0 Å². The van der Waals surface area contributed by atoms with Crippen LogP contribution in [0.1, 0.15) is 56.7 Å². The van der Waals surface area contributed by atoms with Crippen LogP contribution in [0.3, 0.4) is 0 Å². The number of nitrogens with zero attached hydrogens (tertiary/aromatic N) is 2. The zero-order valence-electron chi connectivity index (χ0n) is 22.5. The molecule has 0 spiro atoms. The number of halogens is 2. The van der Waals surface area contributed by atoms with Crippen molar-refractivity contribution in [2.75, 3.05) is 33.2 Å². The Bertz CT molecular complexity index is 1590. The van der Waals surface area contributed by atoms with Gasteiger partial charge in [-0.15, -0.1) is 0 Å². The summed E-state index contributed by atoms with van der Waals surface area (Å²) in [5.41, 5.74) is 9.46. The molecular formula is C35H32Br2N2O. The lowest BCUT2D eigenvalue weighted by Crippen LogP contribution is -2.46. The van der Waals surface area contributed by atoms with Gasteiger partial charge in [0.1, 0.15) is 6.10 Å². The number of likely N-dealkylation sites (N-methyl/N-ethyl adjacent to an activating group) is 1. The molecule has 1 saturated heterocycles. The quantitative estimate of drug-likeness (QED) is 0.224. The zero-order valence-corrected chi connectivity index (χ0v) is 25.6. The second-order valence-electron chi connectivity index (χ2n) is 10.6. The lowest BCUT2D eigenvalue weighted by Gasteiger charge is -2.39. The van der Waals surface area contributed by atoms with E-state index in [2.05, 4.69) is 109 Å². The fourth-order valence-electron chi connectivity index (χ4n) is 5.93. The first-order chi connectivity index (χ1) is 19.5. The molecule has 4 aromatic carbocycles. The molecule has 4 aromatic rings. The van der Waals surface area contributed by atoms with Gasteiger partial charge < -0.3 is 10.0 Å². The van der Waals surface area contributed by atoms with E-state index in [1.165, 1.54) is 26.7 Å². The molecule has 2 aliphatic carbocycles. The van der Waals surface area contributed by atoms with Gasteiger partial charge in [-0.3, -0.25) is 4.90 Å². The third-order valence-electron chi connectivity index (χ3n) is 8.07. The van der Waals surface area contributed by atoms with Crippen molar-refractivity contribution in [1.29, 1.82) is 0 Å². The number of aliphatic hydroxyl groups is 1. The molecule has 5 heteroatoms. The third-order valence-corrected chi connectivity index (χ3v) is 9.39. The Kier molecular flexibility index (Phi) is 8.20. The Morgan fingerprint density at radius 1 is 0.575 bits per heavy atom. The molecule has 2 atom stereocenters. The molecule has 2 unspecified atom stereocenters. The summed E-state index contributed by atoms with van der Waals surface area (Å²) in [5.74, 6) is 0. The number of fused-ring (bicyclic) bond motifs is 4. The first kappa shape index (κ1) is 27.4. The molecule has 1 heterocycles. The van der Waals surface area contributed by atoms with Crippen molar-refractivity contribution < 1.29 is 5.11 Å². The lowest BCUT2D eigenvalue weighted by atomic mass is 9.92. The SMILES string of the molecule is CN1CCN(C2c3ccccc3C=C(Br)c3ccccc32)CC1.OC1c2ccccc2C=C(Br)c2ccccc21. The van der Waals surface area contributed by atoms with Crippen LogP contribution < -0.4 is 0 Å². The van der Waals surface area contributed by atoms with E-state index in [9.17, 15) is 5.11 Å². The van der Waals surface area contributed by atoms with Crippen molar-refractivity contribution in [2.45, 2.75) is 12.1 Å². The second kappa shape index (κ2) is 12.0. The average Bonchev–Trinajstić information content (AvgIpc) is 3.18. The molecule has 1 fully saturated rings. The number of aliphatic hydroxyl groups excluding tert-OH is 1. The minimum absolute atomic E-state index is 0.336. The van der Waals surface area contributed by atoms with Gasteiger partial charge in [0.05, 0.1) is 6.04 Å². The van der Waals surface area contributed by atoms with Crippen LogP contribution in [0, 0.1) is 0 Å². The molecule has 7 rings (SSSR count). The van der Waals surface area contributed by atoms with Crippen molar-refractivity contribution in [3.8, 4) is 0 Å². The minimum atomic E-state index is -0.561. The highest BCUT2D eigenvalue weighted by atomic mass is 79.9. The maximum Gasteiger partial charge on any atom is 0.105 e. The predicted octanol–water partition coefficient (Wildman–Crippen LogP) is 8.20. The predicted molar refractivity (Wildman–Crippen MR) is 174 cm³/mol. The summed E-state index contributed by atoms with van der Waals surface area (Å²) in [4.78, 5) is 5.05. The lowest BCUT2D eigenvalue weighted by molar-refractivity contribution is 0.127. The Hall–Kier alpha value is -2.80. The van der Waals surface area contributed by atoms with Crippen LogP contribution in [0.25, 0.3) is 21.1 Å². The minimum Gasteiger partial charge on any atom is -0.384 e. The highest BCUT2D eigenvalue weighted by Gasteiger charge is 2.30. The molecule has 0 bridgehead atoms. The topological polar surface area (TPSA) is 26.7 Å². The molecule has 1 aliphatic heterocycles. The van der Waals surface area contributed by atoms with E-state index in [4.69, 9.17) is 0 Å². The molecule has 202 valence electrons. The van der Waals surface area contributed by atoms with E-state index in [-0.39, 0.29) is 0 Å². The Morgan fingerprint density at radius 2 is 1.02 bits per heavy atom. The van der Waals surface area contributed by atoms with Gasteiger partial charge in [-0.1, -0.05) is 129 Å². The van der Waals surface area contributed by atoms with E-state index in [0.29, 0.717) is 6.04 Å². The van der Waals surface area contributed by atoms with Crippen molar-refractivity contribution in [3.63, 3.8) is 0 Å². The summed E-state index contributed by atoms with van der Waals surface area (Å²) in [5, 5.41) is 10.5. The van der Waals surface area contributed by atoms with Crippen LogP contribution in [0.2, 0.25) is 0 Å². The van der Waals surface area contributed by atoms with Gasteiger partial charge in [0, 0.05) is 35.1 Å². The monoisotopic (exact) mass is 654 g/mol. The highest BCUT2D eigenvalue weighted by Crippen LogP contribution is 2.42. The van der Waals surface area contributed by atoms with Crippen LogP contribution >= 0.6 is 31.9 Å². The van der Waals surface area contributed by atoms with Gasteiger partial charge in [0.15, 0.2) is 0 Å². The first-order valence-corrected chi connectivity index (χ1v) is 15.3. The number of hydrogen-bond acceptors (Lipinski definition) is 3. The molecule has 0 saturated carbocycles. The smallest absolute Gasteiger partial charge is 0.105 e. The van der Waals surface area contributed by atoms with Gasteiger partial charge in [0.2, 0.25) is 0 Å². The number of rotatable bonds is 1. The van der Waals surface area contributed by atoms with E-state index in [0.717, 1.165) is 52.9 Å². The maximum atomic E-state index is 10.5. The summed E-state index contributed by atoms with van der Waals surface area (Å²) < 4.78 is 2.19. The Balaban J connectivity index is 0.000000151. The van der Waals surface area contributed by atoms with Crippen LogP contribution in [-0.4, -0.2) is 48.1 Å². The van der Waals surface area contributed by atoms with Gasteiger partial charge in [-0.25, -0.2) is 0 Å². The van der Waals surface area contributed by atoms with Crippen molar-refractivity contribution in [2.24, 2.45) is 0 Å². The molecule has 0 amide bonds. The molecule has 3 aliphatic rings.